The lowest BCUT2D eigenvalue weighted by atomic mass is 10.1. The monoisotopic (exact) mass is 404 g/mol. The third kappa shape index (κ3) is 3.46. The third-order valence-corrected chi connectivity index (χ3v) is 4.36. The summed E-state index contributed by atoms with van der Waals surface area (Å²) in [6, 6.07) is 9.35. The van der Waals surface area contributed by atoms with E-state index in [-0.39, 0.29) is 5.56 Å². The van der Waals surface area contributed by atoms with Crippen molar-refractivity contribution in [2.24, 2.45) is 0 Å². The number of halogens is 1. The summed E-state index contributed by atoms with van der Waals surface area (Å²) in [6.07, 6.45) is 0.355. The van der Waals surface area contributed by atoms with Crippen LogP contribution < -0.4 is 19.8 Å². The largest absolute Gasteiger partial charge is 0.491 e. The molecule has 2 heterocycles. The maximum atomic E-state index is 12.4. The molecule has 0 bridgehead atoms. The highest BCUT2D eigenvalue weighted by atomic mass is 79.9. The standard InChI is InChI=1S/C18H17BrN2O4/c1-23-15-9-12(17(24-2)21-18(15)25-3)7-11-6-10-8-13(19)4-5-14(10)20-16(11)22/h4-6,8-9H,7H2,1-3H3,(H,20,22). The lowest BCUT2D eigenvalue weighted by Crippen LogP contribution is -2.13. The van der Waals surface area contributed by atoms with Gasteiger partial charge in [0.2, 0.25) is 5.88 Å². The first kappa shape index (κ1) is 17.3. The molecule has 0 aliphatic rings. The number of hydrogen-bond acceptors (Lipinski definition) is 5. The van der Waals surface area contributed by atoms with Gasteiger partial charge in [-0.2, -0.15) is 4.98 Å². The molecule has 6 nitrogen and oxygen atoms in total. The summed E-state index contributed by atoms with van der Waals surface area (Å²) in [6.45, 7) is 0. The Labute approximate surface area is 152 Å². The van der Waals surface area contributed by atoms with Crippen LogP contribution in [-0.2, 0) is 6.42 Å². The van der Waals surface area contributed by atoms with E-state index in [9.17, 15) is 4.79 Å². The van der Waals surface area contributed by atoms with Crippen molar-refractivity contribution in [1.82, 2.24) is 9.97 Å². The highest BCUT2D eigenvalue weighted by Crippen LogP contribution is 2.32. The van der Waals surface area contributed by atoms with Crippen molar-refractivity contribution in [3.63, 3.8) is 0 Å². The van der Waals surface area contributed by atoms with Crippen LogP contribution >= 0.6 is 15.9 Å². The average Bonchev–Trinajstić information content (AvgIpc) is 2.62. The second-order valence-electron chi connectivity index (χ2n) is 5.40. The molecular weight excluding hydrogens is 388 g/mol. The Bertz CT molecular complexity index is 985. The van der Waals surface area contributed by atoms with Gasteiger partial charge < -0.3 is 19.2 Å². The molecule has 0 fully saturated rings. The summed E-state index contributed by atoms with van der Waals surface area (Å²) < 4.78 is 16.8. The van der Waals surface area contributed by atoms with Crippen LogP contribution in [0.4, 0.5) is 0 Å². The quantitative estimate of drug-likeness (QED) is 0.705. The Kier molecular flexibility index (Phi) is 4.94. The number of ether oxygens (including phenoxy) is 3. The molecule has 0 unspecified atom stereocenters. The van der Waals surface area contributed by atoms with Crippen LogP contribution in [0.5, 0.6) is 17.5 Å². The molecular formula is C18H17BrN2O4. The van der Waals surface area contributed by atoms with Gasteiger partial charge in [0.05, 0.1) is 21.3 Å². The number of aromatic amines is 1. The van der Waals surface area contributed by atoms with Gasteiger partial charge in [0, 0.05) is 27.5 Å². The molecule has 25 heavy (non-hydrogen) atoms. The summed E-state index contributed by atoms with van der Waals surface area (Å²) >= 11 is 3.45. The average molecular weight is 405 g/mol. The van der Waals surface area contributed by atoms with Crippen molar-refractivity contribution in [3.8, 4) is 17.5 Å². The highest BCUT2D eigenvalue weighted by molar-refractivity contribution is 9.10. The fourth-order valence-electron chi connectivity index (χ4n) is 2.66. The molecule has 1 N–H and O–H groups in total. The molecule has 130 valence electrons. The number of methoxy groups -OCH3 is 3. The third-order valence-electron chi connectivity index (χ3n) is 3.86. The van der Waals surface area contributed by atoms with Crippen molar-refractivity contribution in [2.45, 2.75) is 6.42 Å². The minimum Gasteiger partial charge on any atom is -0.491 e. The van der Waals surface area contributed by atoms with Crippen LogP contribution in [0.15, 0.2) is 39.6 Å². The lowest BCUT2D eigenvalue weighted by Gasteiger charge is -2.13. The summed E-state index contributed by atoms with van der Waals surface area (Å²) in [7, 11) is 4.57. The first-order valence-electron chi connectivity index (χ1n) is 7.53. The zero-order valence-electron chi connectivity index (χ0n) is 14.1. The van der Waals surface area contributed by atoms with Gasteiger partial charge in [0.1, 0.15) is 0 Å². The topological polar surface area (TPSA) is 73.4 Å². The fourth-order valence-corrected chi connectivity index (χ4v) is 3.03. The van der Waals surface area contributed by atoms with E-state index in [1.54, 1.807) is 6.07 Å². The zero-order chi connectivity index (χ0) is 18.0. The molecule has 0 amide bonds. The van der Waals surface area contributed by atoms with E-state index in [4.69, 9.17) is 14.2 Å². The first-order valence-corrected chi connectivity index (χ1v) is 8.32. The fraction of sp³-hybridized carbons (Fsp3) is 0.222. The number of fused-ring (bicyclic) bond motifs is 1. The van der Waals surface area contributed by atoms with E-state index in [0.717, 1.165) is 20.9 Å². The minimum atomic E-state index is -0.147. The van der Waals surface area contributed by atoms with Crippen LogP contribution in [-0.4, -0.2) is 31.3 Å². The molecule has 3 aromatic rings. The van der Waals surface area contributed by atoms with E-state index >= 15 is 0 Å². The van der Waals surface area contributed by atoms with Crippen LogP contribution in [0.2, 0.25) is 0 Å². The van der Waals surface area contributed by atoms with Crippen molar-refractivity contribution in [2.75, 3.05) is 21.3 Å². The van der Waals surface area contributed by atoms with E-state index in [0.29, 0.717) is 29.5 Å². The molecule has 2 aromatic heterocycles. The van der Waals surface area contributed by atoms with Gasteiger partial charge in [0.15, 0.2) is 5.75 Å². The van der Waals surface area contributed by atoms with Crippen molar-refractivity contribution >= 4 is 26.8 Å². The molecule has 0 aliphatic carbocycles. The normalized spacial score (nSPS) is 10.7. The number of pyridine rings is 2. The number of benzene rings is 1. The predicted molar refractivity (Wildman–Crippen MR) is 99.0 cm³/mol. The number of hydrogen-bond donors (Lipinski definition) is 1. The second-order valence-corrected chi connectivity index (χ2v) is 6.32. The van der Waals surface area contributed by atoms with Gasteiger partial charge in [-0.1, -0.05) is 15.9 Å². The SMILES string of the molecule is COc1cc(Cc2cc3cc(Br)ccc3[nH]c2=O)c(OC)nc1OC. The number of nitrogens with zero attached hydrogens (tertiary/aromatic N) is 1. The Morgan fingerprint density at radius 3 is 2.44 bits per heavy atom. The van der Waals surface area contributed by atoms with E-state index in [2.05, 4.69) is 25.9 Å². The molecule has 3 rings (SSSR count). The van der Waals surface area contributed by atoms with E-state index < -0.39 is 0 Å². The van der Waals surface area contributed by atoms with Gasteiger partial charge >= 0.3 is 0 Å². The van der Waals surface area contributed by atoms with Crippen LogP contribution in [0.25, 0.3) is 10.9 Å². The van der Waals surface area contributed by atoms with Gasteiger partial charge in [-0.3, -0.25) is 4.79 Å². The van der Waals surface area contributed by atoms with Gasteiger partial charge in [-0.05, 0) is 35.7 Å². The number of aromatic nitrogens is 2. The van der Waals surface area contributed by atoms with Gasteiger partial charge in [0.25, 0.3) is 11.4 Å². The molecule has 0 saturated carbocycles. The molecule has 1 aromatic carbocycles. The zero-order valence-corrected chi connectivity index (χ0v) is 15.6. The maximum absolute atomic E-state index is 12.4. The Balaban J connectivity index is 2.08. The number of nitrogens with one attached hydrogen (secondary N) is 1. The number of H-pyrrole nitrogens is 1. The summed E-state index contributed by atoms with van der Waals surface area (Å²) in [5.41, 5.74) is 1.99. The lowest BCUT2D eigenvalue weighted by molar-refractivity contribution is 0.327. The Morgan fingerprint density at radius 1 is 1.00 bits per heavy atom. The second kappa shape index (κ2) is 7.14. The smallest absolute Gasteiger partial charge is 0.260 e. The molecule has 0 radical (unpaired) electrons. The summed E-state index contributed by atoms with van der Waals surface area (Å²) in [4.78, 5) is 19.6. The molecule has 0 saturated heterocycles. The van der Waals surface area contributed by atoms with Crippen LogP contribution in [0.3, 0.4) is 0 Å². The molecule has 7 heteroatoms. The minimum absolute atomic E-state index is 0.147. The molecule has 0 atom stereocenters. The van der Waals surface area contributed by atoms with Crippen LogP contribution in [0, 0.1) is 0 Å². The van der Waals surface area contributed by atoms with Crippen LogP contribution in [0.1, 0.15) is 11.1 Å². The Hall–Kier alpha value is -2.54. The highest BCUT2D eigenvalue weighted by Gasteiger charge is 2.15. The van der Waals surface area contributed by atoms with Crippen molar-refractivity contribution in [3.05, 3.63) is 56.3 Å². The first-order chi connectivity index (χ1) is 12.0. The van der Waals surface area contributed by atoms with E-state index in [1.807, 2.05) is 24.3 Å². The molecule has 0 spiro atoms. The Morgan fingerprint density at radius 2 is 1.76 bits per heavy atom. The maximum Gasteiger partial charge on any atom is 0.260 e. The summed E-state index contributed by atoms with van der Waals surface area (Å²) in [5, 5.41) is 0.941. The summed E-state index contributed by atoms with van der Waals surface area (Å²) in [5.74, 6) is 1.21. The van der Waals surface area contributed by atoms with Gasteiger partial charge in [-0.15, -0.1) is 0 Å². The van der Waals surface area contributed by atoms with Crippen molar-refractivity contribution in [1.29, 1.82) is 0 Å². The van der Waals surface area contributed by atoms with E-state index in [1.165, 1.54) is 21.3 Å². The predicted octanol–water partition coefficient (Wildman–Crippen LogP) is 3.30. The number of rotatable bonds is 5. The van der Waals surface area contributed by atoms with Crippen molar-refractivity contribution < 1.29 is 14.2 Å². The molecule has 0 aliphatic heterocycles. The van der Waals surface area contributed by atoms with Gasteiger partial charge in [-0.25, -0.2) is 0 Å².